The van der Waals surface area contributed by atoms with E-state index in [1.165, 1.54) is 24.2 Å². The van der Waals surface area contributed by atoms with Gasteiger partial charge in [0.2, 0.25) is 23.6 Å². The van der Waals surface area contributed by atoms with Crippen LogP contribution in [0.2, 0.25) is 0 Å². The van der Waals surface area contributed by atoms with Crippen molar-refractivity contribution in [1.82, 2.24) is 30.2 Å². The summed E-state index contributed by atoms with van der Waals surface area (Å²) < 4.78 is 12.0. The molecule has 3 heterocycles. The Bertz CT molecular complexity index is 1860. The lowest BCUT2D eigenvalue weighted by Gasteiger charge is -2.41. The minimum atomic E-state index is -1.15. The fourth-order valence-electron chi connectivity index (χ4n) is 11.0. The summed E-state index contributed by atoms with van der Waals surface area (Å²) in [6.45, 7) is 11.2. The maximum atomic E-state index is 14.7. The highest BCUT2D eigenvalue weighted by molar-refractivity contribution is 6.12. The number of imide groups is 1. The summed E-state index contributed by atoms with van der Waals surface area (Å²) in [6.07, 6.45) is 9.69. The molecule has 16 heteroatoms. The first-order valence-electron chi connectivity index (χ1n) is 24.3. The van der Waals surface area contributed by atoms with Crippen molar-refractivity contribution >= 4 is 41.4 Å². The topological polar surface area (TPSA) is 195 Å². The molecule has 1 saturated carbocycles. The lowest BCUT2D eigenvalue weighted by molar-refractivity contribution is -0.148. The summed E-state index contributed by atoms with van der Waals surface area (Å²) in [4.78, 5) is 99.9. The number of piperidine rings is 1. The molecule has 66 heavy (non-hydrogen) atoms. The van der Waals surface area contributed by atoms with Gasteiger partial charge in [-0.25, -0.2) is 4.79 Å². The van der Waals surface area contributed by atoms with Crippen molar-refractivity contribution < 1.29 is 48.1 Å². The van der Waals surface area contributed by atoms with Gasteiger partial charge in [0.1, 0.15) is 12.1 Å². The molecule has 5 rings (SSSR count). The Morgan fingerprint density at radius 3 is 2.15 bits per heavy atom. The highest BCUT2D eigenvalue weighted by atomic mass is 16.5. The SMILES string of the molecule is CC[C@H](C)[C@@H]([C@@H](CC(=O)N1CCCC1[C@H](OC)[C@@H](C)C(=O)NC(Cc1ccccc1)C(=O)O)OC)N(C)C(=O)C(NC(=O)[C@@H]1[C@H]2CC[C@H](C2)N1CCCCCCN1C(=O)C=CC1=O)C(C)C. The molecular formula is C50H76N6O10. The quantitative estimate of drug-likeness (QED) is 0.0891. The summed E-state index contributed by atoms with van der Waals surface area (Å²) in [5.41, 5.74) is 0.778. The molecule has 11 atom stereocenters. The average Bonchev–Trinajstić information content (AvgIpc) is 4.12. The number of likely N-dealkylation sites (N-methyl/N-ethyl adjacent to an activating group) is 1. The lowest BCUT2D eigenvalue weighted by atomic mass is 9.89. The van der Waals surface area contributed by atoms with Crippen LogP contribution in [0.3, 0.4) is 0 Å². The maximum Gasteiger partial charge on any atom is 0.326 e. The van der Waals surface area contributed by atoms with E-state index in [0.29, 0.717) is 38.4 Å². The molecular weight excluding hydrogens is 845 g/mol. The summed E-state index contributed by atoms with van der Waals surface area (Å²) in [6, 6.07) is 6.20. The normalized spacial score (nSPS) is 23.7. The van der Waals surface area contributed by atoms with Gasteiger partial charge in [-0.15, -0.1) is 0 Å². The van der Waals surface area contributed by atoms with Gasteiger partial charge in [0.25, 0.3) is 11.8 Å². The number of benzene rings is 1. The Morgan fingerprint density at radius 1 is 0.879 bits per heavy atom. The van der Waals surface area contributed by atoms with Crippen LogP contribution in [0.1, 0.15) is 111 Å². The van der Waals surface area contributed by atoms with E-state index in [9.17, 15) is 38.7 Å². The first kappa shape index (κ1) is 52.3. The number of carbonyl (C=O) groups excluding carboxylic acids is 6. The maximum absolute atomic E-state index is 14.7. The number of ether oxygens (including phenoxy) is 2. The molecule has 3 fully saturated rings. The van der Waals surface area contributed by atoms with Crippen LogP contribution in [0.4, 0.5) is 0 Å². The van der Waals surface area contributed by atoms with Crippen molar-refractivity contribution in [3.8, 4) is 0 Å². The Labute approximate surface area is 391 Å². The summed E-state index contributed by atoms with van der Waals surface area (Å²) in [5.74, 6) is -3.56. The number of unbranched alkanes of at least 4 members (excludes halogenated alkanes) is 3. The molecule has 3 unspecified atom stereocenters. The van der Waals surface area contributed by atoms with E-state index in [1.54, 1.807) is 30.9 Å². The zero-order valence-corrected chi connectivity index (χ0v) is 40.5. The number of nitrogens with one attached hydrogen (secondary N) is 2. The Morgan fingerprint density at radius 2 is 1.55 bits per heavy atom. The molecule has 6 amide bonds. The van der Waals surface area contributed by atoms with Gasteiger partial charge < -0.3 is 35.0 Å². The summed E-state index contributed by atoms with van der Waals surface area (Å²) >= 11 is 0. The van der Waals surface area contributed by atoms with Crippen LogP contribution in [0.5, 0.6) is 0 Å². The standard InChI is InChI=1S/C50H76N6O10/c1-9-32(4)44(39(65-7)30-42(59)55-27-17-20-38(55)46(66-8)33(5)47(60)51-37(50(63)64)28-34-18-13-12-14-19-34)53(6)49(62)43(31(2)3)52-48(61)45-35-21-22-36(29-35)54(45)25-15-10-11-16-26-56-40(57)23-24-41(56)58/h12-14,18-19,23-24,31-33,35-39,43-46H,9-11,15-17,20-22,25-30H2,1-8H3,(H,51,60)(H,52,61)(H,63,64)/t32-,33+,35-,36+,37?,38?,39+,43?,44-,45-,46+/m0/s1. The number of carboxylic acids is 1. The van der Waals surface area contributed by atoms with Gasteiger partial charge in [-0.2, -0.15) is 0 Å². The van der Waals surface area contributed by atoms with Gasteiger partial charge >= 0.3 is 5.97 Å². The molecule has 4 aliphatic rings. The van der Waals surface area contributed by atoms with E-state index in [0.717, 1.165) is 57.1 Å². The number of hydrogen-bond acceptors (Lipinski definition) is 10. The van der Waals surface area contributed by atoms with Crippen molar-refractivity contribution in [1.29, 1.82) is 0 Å². The number of aliphatic carboxylic acids is 1. The van der Waals surface area contributed by atoms with E-state index in [1.807, 2.05) is 58.0 Å². The van der Waals surface area contributed by atoms with Crippen molar-refractivity contribution in [3.63, 3.8) is 0 Å². The third-order valence-corrected chi connectivity index (χ3v) is 14.8. The predicted molar refractivity (Wildman–Crippen MR) is 249 cm³/mol. The molecule has 0 aromatic heterocycles. The molecule has 2 bridgehead atoms. The van der Waals surface area contributed by atoms with Crippen LogP contribution >= 0.6 is 0 Å². The molecule has 0 radical (unpaired) electrons. The number of fused-ring (bicyclic) bond motifs is 2. The number of amides is 6. The number of methoxy groups -OCH3 is 2. The molecule has 3 N–H and O–H groups in total. The third-order valence-electron chi connectivity index (χ3n) is 14.8. The van der Waals surface area contributed by atoms with Gasteiger partial charge in [0, 0.05) is 59.0 Å². The third kappa shape index (κ3) is 12.6. The Hall–Kier alpha value is -4.67. The smallest absolute Gasteiger partial charge is 0.326 e. The highest BCUT2D eigenvalue weighted by Gasteiger charge is 2.50. The van der Waals surface area contributed by atoms with E-state index >= 15 is 0 Å². The van der Waals surface area contributed by atoms with E-state index in [-0.39, 0.29) is 66.2 Å². The monoisotopic (exact) mass is 921 g/mol. The van der Waals surface area contributed by atoms with Crippen LogP contribution in [0.25, 0.3) is 0 Å². The molecule has 0 spiro atoms. The van der Waals surface area contributed by atoms with Crippen LogP contribution in [0.15, 0.2) is 42.5 Å². The van der Waals surface area contributed by atoms with Crippen LogP contribution < -0.4 is 10.6 Å². The largest absolute Gasteiger partial charge is 0.480 e. The Kier molecular flexibility index (Phi) is 19.3. The fraction of sp³-hybridized carbons (Fsp3) is 0.700. The Balaban J connectivity index is 1.21. The zero-order chi connectivity index (χ0) is 48.2. The van der Waals surface area contributed by atoms with Crippen LogP contribution in [-0.4, -0.2) is 155 Å². The van der Waals surface area contributed by atoms with Crippen molar-refractivity contribution in [2.24, 2.45) is 23.7 Å². The zero-order valence-electron chi connectivity index (χ0n) is 40.5. The van der Waals surface area contributed by atoms with Crippen molar-refractivity contribution in [3.05, 3.63) is 48.0 Å². The molecule has 2 saturated heterocycles. The number of rotatable bonds is 26. The van der Waals surface area contributed by atoms with Crippen LogP contribution in [-0.2, 0) is 49.5 Å². The van der Waals surface area contributed by atoms with Gasteiger partial charge in [-0.05, 0) is 74.8 Å². The molecule has 16 nitrogen and oxygen atoms in total. The minimum absolute atomic E-state index is 0.0285. The average molecular weight is 921 g/mol. The lowest BCUT2D eigenvalue weighted by Crippen LogP contribution is -2.60. The second kappa shape index (κ2) is 24.4. The van der Waals surface area contributed by atoms with Gasteiger partial charge in [0.05, 0.1) is 42.7 Å². The first-order valence-corrected chi connectivity index (χ1v) is 24.3. The second-order valence-corrected chi connectivity index (χ2v) is 19.4. The molecule has 1 aliphatic carbocycles. The first-order chi connectivity index (χ1) is 31.5. The number of carboxylic acid groups (broad SMARTS) is 1. The highest BCUT2D eigenvalue weighted by Crippen LogP contribution is 2.43. The number of likely N-dealkylation sites (tertiary alicyclic amines) is 2. The number of nitrogens with zero attached hydrogens (tertiary/aromatic N) is 4. The second-order valence-electron chi connectivity index (χ2n) is 19.4. The minimum Gasteiger partial charge on any atom is -0.480 e. The molecule has 366 valence electrons. The predicted octanol–water partition coefficient (Wildman–Crippen LogP) is 4.20. The number of carbonyl (C=O) groups is 7. The molecule has 3 aliphatic heterocycles. The van der Waals surface area contributed by atoms with Gasteiger partial charge in [-0.3, -0.25) is 38.6 Å². The fourth-order valence-corrected chi connectivity index (χ4v) is 11.0. The van der Waals surface area contributed by atoms with E-state index < -0.39 is 54.2 Å². The summed E-state index contributed by atoms with van der Waals surface area (Å²) in [7, 11) is 4.78. The van der Waals surface area contributed by atoms with E-state index in [2.05, 4.69) is 15.5 Å². The van der Waals surface area contributed by atoms with Crippen molar-refractivity contribution in [2.75, 3.05) is 40.9 Å². The van der Waals surface area contributed by atoms with Gasteiger partial charge in [0.15, 0.2) is 0 Å². The number of hydrogen-bond donors (Lipinski definition) is 3. The van der Waals surface area contributed by atoms with Gasteiger partial charge in [-0.1, -0.05) is 84.2 Å². The molecule has 1 aromatic rings. The summed E-state index contributed by atoms with van der Waals surface area (Å²) in [5, 5.41) is 15.8. The van der Waals surface area contributed by atoms with Crippen molar-refractivity contribution in [2.45, 2.75) is 160 Å². The van der Waals surface area contributed by atoms with Crippen LogP contribution in [0, 0.1) is 23.7 Å². The van der Waals surface area contributed by atoms with E-state index in [4.69, 9.17) is 9.47 Å². The molecule has 1 aromatic carbocycles.